The van der Waals surface area contributed by atoms with Crippen molar-refractivity contribution in [2.75, 3.05) is 5.32 Å². The van der Waals surface area contributed by atoms with Crippen molar-refractivity contribution in [2.45, 2.75) is 5.33 Å². The Morgan fingerprint density at radius 3 is 2.47 bits per heavy atom. The van der Waals surface area contributed by atoms with Gasteiger partial charge in [0.25, 0.3) is 0 Å². The van der Waals surface area contributed by atoms with Crippen LogP contribution >= 0.6 is 15.9 Å². The predicted octanol–water partition coefficient (Wildman–Crippen LogP) is 4.23. The van der Waals surface area contributed by atoms with E-state index >= 15 is 0 Å². The topological polar surface area (TPSA) is 29.1 Å². The van der Waals surface area contributed by atoms with Crippen LogP contribution in [0.3, 0.4) is 0 Å². The first-order valence-electron chi connectivity index (χ1n) is 5.97. The fourth-order valence-electron chi connectivity index (χ4n) is 1.67. The van der Waals surface area contributed by atoms with Gasteiger partial charge in [-0.3, -0.25) is 4.79 Å². The lowest BCUT2D eigenvalue weighted by molar-refractivity contribution is -0.111. The number of hydrogen-bond acceptors (Lipinski definition) is 1. The summed E-state index contributed by atoms with van der Waals surface area (Å²) in [6.07, 6.45) is 3.34. The van der Waals surface area contributed by atoms with Crippen LogP contribution in [0.1, 0.15) is 11.1 Å². The normalized spacial score (nSPS) is 10.6. The number of hydrogen-bond donors (Lipinski definition) is 1. The Morgan fingerprint density at radius 1 is 1.05 bits per heavy atom. The maximum Gasteiger partial charge on any atom is 0.248 e. The highest BCUT2D eigenvalue weighted by Crippen LogP contribution is 2.17. The van der Waals surface area contributed by atoms with Gasteiger partial charge in [0.05, 0.1) is 0 Å². The van der Waals surface area contributed by atoms with Gasteiger partial charge in [0.2, 0.25) is 5.91 Å². The minimum Gasteiger partial charge on any atom is -0.322 e. The van der Waals surface area contributed by atoms with E-state index in [1.807, 2.05) is 54.6 Å². The van der Waals surface area contributed by atoms with Gasteiger partial charge < -0.3 is 5.32 Å². The summed E-state index contributed by atoms with van der Waals surface area (Å²) >= 11 is 3.40. The second-order valence-corrected chi connectivity index (χ2v) is 4.58. The van der Waals surface area contributed by atoms with Gasteiger partial charge >= 0.3 is 0 Å². The quantitative estimate of drug-likeness (QED) is 0.663. The zero-order valence-electron chi connectivity index (χ0n) is 10.3. The standard InChI is InChI=1S/C16H14BrNO/c17-12-14-8-4-5-9-15(14)18-16(19)11-10-13-6-2-1-3-7-13/h1-11H,12H2,(H,18,19)/b11-10+. The number of amides is 1. The fourth-order valence-corrected chi connectivity index (χ4v) is 2.16. The molecule has 2 rings (SSSR count). The summed E-state index contributed by atoms with van der Waals surface area (Å²) in [5, 5.41) is 3.59. The molecule has 0 unspecified atom stereocenters. The van der Waals surface area contributed by atoms with E-state index in [0.717, 1.165) is 16.8 Å². The summed E-state index contributed by atoms with van der Waals surface area (Å²) in [5.74, 6) is -0.128. The molecule has 0 aromatic heterocycles. The molecule has 0 radical (unpaired) electrons. The number of carbonyl (C=O) groups excluding carboxylic acids is 1. The van der Waals surface area contributed by atoms with Crippen LogP contribution in [0, 0.1) is 0 Å². The van der Waals surface area contributed by atoms with Gasteiger partial charge in [-0.1, -0.05) is 64.5 Å². The largest absolute Gasteiger partial charge is 0.322 e. The highest BCUT2D eigenvalue weighted by Gasteiger charge is 2.02. The summed E-state index contributed by atoms with van der Waals surface area (Å²) in [6.45, 7) is 0. The molecule has 2 aromatic rings. The minimum atomic E-state index is -0.128. The Hall–Kier alpha value is -1.87. The Bertz CT molecular complexity index is 578. The van der Waals surface area contributed by atoms with Crippen LogP contribution in [0.25, 0.3) is 6.08 Å². The van der Waals surface area contributed by atoms with Gasteiger partial charge in [-0.25, -0.2) is 0 Å². The van der Waals surface area contributed by atoms with Crippen molar-refractivity contribution >= 4 is 33.6 Å². The third kappa shape index (κ3) is 4.07. The van der Waals surface area contributed by atoms with Gasteiger partial charge in [0.1, 0.15) is 0 Å². The molecule has 19 heavy (non-hydrogen) atoms. The van der Waals surface area contributed by atoms with E-state index < -0.39 is 0 Å². The Morgan fingerprint density at radius 2 is 1.74 bits per heavy atom. The lowest BCUT2D eigenvalue weighted by Gasteiger charge is -2.06. The molecule has 96 valence electrons. The van der Waals surface area contributed by atoms with E-state index in [9.17, 15) is 4.79 Å². The molecule has 2 nitrogen and oxygen atoms in total. The van der Waals surface area contributed by atoms with E-state index in [1.165, 1.54) is 0 Å². The Labute approximate surface area is 121 Å². The van der Waals surface area contributed by atoms with Crippen LogP contribution in [0.15, 0.2) is 60.7 Å². The first-order chi connectivity index (χ1) is 9.29. The van der Waals surface area contributed by atoms with Gasteiger partial charge in [0.15, 0.2) is 0 Å². The first kappa shape index (κ1) is 13.6. The molecular formula is C16H14BrNO. The number of rotatable bonds is 4. The maximum absolute atomic E-state index is 11.8. The van der Waals surface area contributed by atoms with E-state index in [0.29, 0.717) is 5.33 Å². The molecule has 0 heterocycles. The van der Waals surface area contributed by atoms with Crippen LogP contribution < -0.4 is 5.32 Å². The van der Waals surface area contributed by atoms with E-state index in [-0.39, 0.29) is 5.91 Å². The first-order valence-corrected chi connectivity index (χ1v) is 7.10. The molecule has 0 saturated heterocycles. The van der Waals surface area contributed by atoms with Crippen molar-refractivity contribution in [3.05, 3.63) is 71.8 Å². The van der Waals surface area contributed by atoms with Gasteiger partial charge in [-0.05, 0) is 23.3 Å². The summed E-state index contributed by atoms with van der Waals surface area (Å²) in [5.41, 5.74) is 2.90. The van der Waals surface area contributed by atoms with Crippen LogP contribution in [-0.4, -0.2) is 5.91 Å². The van der Waals surface area contributed by atoms with Crippen LogP contribution in [0.4, 0.5) is 5.69 Å². The highest BCUT2D eigenvalue weighted by atomic mass is 79.9. The van der Waals surface area contributed by atoms with Crippen LogP contribution in [0.5, 0.6) is 0 Å². The number of benzene rings is 2. The van der Waals surface area contributed by atoms with Crippen molar-refractivity contribution in [2.24, 2.45) is 0 Å². The van der Waals surface area contributed by atoms with Gasteiger partial charge in [-0.2, -0.15) is 0 Å². The average molecular weight is 316 g/mol. The second kappa shape index (κ2) is 6.90. The number of para-hydroxylation sites is 1. The molecule has 1 N–H and O–H groups in total. The van der Waals surface area contributed by atoms with Crippen molar-refractivity contribution in [1.29, 1.82) is 0 Å². The number of carbonyl (C=O) groups is 1. The number of anilines is 1. The third-order valence-electron chi connectivity index (χ3n) is 2.65. The molecule has 0 saturated carbocycles. The number of alkyl halides is 1. The zero-order chi connectivity index (χ0) is 13.5. The fraction of sp³-hybridized carbons (Fsp3) is 0.0625. The second-order valence-electron chi connectivity index (χ2n) is 4.02. The molecule has 0 bridgehead atoms. The molecular weight excluding hydrogens is 302 g/mol. The maximum atomic E-state index is 11.8. The lowest BCUT2D eigenvalue weighted by Crippen LogP contribution is -2.09. The molecule has 0 atom stereocenters. The molecule has 2 aromatic carbocycles. The van der Waals surface area contributed by atoms with E-state index in [1.54, 1.807) is 12.2 Å². The molecule has 0 spiro atoms. The van der Waals surface area contributed by atoms with E-state index in [4.69, 9.17) is 0 Å². The lowest BCUT2D eigenvalue weighted by atomic mass is 10.2. The monoisotopic (exact) mass is 315 g/mol. The Balaban J connectivity index is 2.04. The third-order valence-corrected chi connectivity index (χ3v) is 3.25. The van der Waals surface area contributed by atoms with E-state index in [2.05, 4.69) is 21.2 Å². The SMILES string of the molecule is O=C(/C=C/c1ccccc1)Nc1ccccc1CBr. The summed E-state index contributed by atoms with van der Waals surface area (Å²) in [7, 11) is 0. The smallest absolute Gasteiger partial charge is 0.248 e. The van der Waals surface area contributed by atoms with Crippen LogP contribution in [0.2, 0.25) is 0 Å². The zero-order valence-corrected chi connectivity index (χ0v) is 11.9. The summed E-state index contributed by atoms with van der Waals surface area (Å²) in [6, 6.07) is 17.5. The summed E-state index contributed by atoms with van der Waals surface area (Å²) in [4.78, 5) is 11.8. The average Bonchev–Trinajstić information content (AvgIpc) is 2.47. The Kier molecular flexibility index (Phi) is 4.93. The number of halogens is 1. The summed E-state index contributed by atoms with van der Waals surface area (Å²) < 4.78 is 0. The molecule has 0 aliphatic heterocycles. The van der Waals surface area contributed by atoms with Crippen molar-refractivity contribution in [3.63, 3.8) is 0 Å². The number of nitrogens with one attached hydrogen (secondary N) is 1. The van der Waals surface area contributed by atoms with Crippen molar-refractivity contribution in [1.82, 2.24) is 0 Å². The molecule has 0 aliphatic carbocycles. The predicted molar refractivity (Wildman–Crippen MR) is 83.2 cm³/mol. The van der Waals surface area contributed by atoms with Crippen molar-refractivity contribution in [3.8, 4) is 0 Å². The minimum absolute atomic E-state index is 0.128. The van der Waals surface area contributed by atoms with Gasteiger partial charge in [0, 0.05) is 17.1 Å². The van der Waals surface area contributed by atoms with Crippen molar-refractivity contribution < 1.29 is 4.79 Å². The highest BCUT2D eigenvalue weighted by molar-refractivity contribution is 9.08. The molecule has 1 amide bonds. The van der Waals surface area contributed by atoms with Crippen LogP contribution in [-0.2, 0) is 10.1 Å². The molecule has 3 heteroatoms. The molecule has 0 fully saturated rings. The van der Waals surface area contributed by atoms with Gasteiger partial charge in [-0.15, -0.1) is 0 Å². The molecule has 0 aliphatic rings.